The van der Waals surface area contributed by atoms with Crippen LogP contribution in [-0.4, -0.2) is 76.0 Å². The highest BCUT2D eigenvalue weighted by Crippen LogP contribution is 2.58. The Morgan fingerprint density at radius 2 is 1.13 bits per heavy atom. The molecule has 0 saturated carbocycles. The summed E-state index contributed by atoms with van der Waals surface area (Å²) in [5.41, 5.74) is 0. The minimum atomic E-state index is -7.64. The van der Waals surface area contributed by atoms with Gasteiger partial charge in [-0.1, -0.05) is 51.9 Å². The highest BCUT2D eigenvalue weighted by Gasteiger charge is 2.88. The van der Waals surface area contributed by atoms with Gasteiger partial charge in [-0.05, 0) is 6.42 Å². The molecule has 0 aliphatic heterocycles. The minimum Gasteiger partial charge on any atom is -0.491 e. The molecule has 0 amide bonds. The number of halogens is 11. The number of rotatable bonds is 21. The Bertz CT molecular complexity index is 740. The van der Waals surface area contributed by atoms with Crippen LogP contribution in [0, 0.1) is 0 Å². The van der Waals surface area contributed by atoms with Crippen molar-refractivity contribution in [1.82, 2.24) is 0 Å². The van der Waals surface area contributed by atoms with Gasteiger partial charge in [0.15, 0.2) is 5.76 Å². The molecule has 0 spiro atoms. The maximum Gasteiger partial charge on any atom is 0.460 e. The normalized spacial score (nSPS) is 14.0. The lowest BCUT2D eigenvalue weighted by molar-refractivity contribution is -0.420. The Morgan fingerprint density at radius 3 is 1.64 bits per heavy atom. The number of methoxy groups -OCH3 is 1. The van der Waals surface area contributed by atoms with Gasteiger partial charge in [-0.2, -0.15) is 48.3 Å². The van der Waals surface area contributed by atoms with Gasteiger partial charge in [0.2, 0.25) is 0 Å². The van der Waals surface area contributed by atoms with E-state index in [4.69, 9.17) is 4.74 Å². The number of ether oxygens (including phenoxy) is 4. The van der Waals surface area contributed by atoms with E-state index in [1.54, 1.807) is 0 Å². The summed E-state index contributed by atoms with van der Waals surface area (Å²) in [5.74, 6) is -33.4. The van der Waals surface area contributed by atoms with E-state index >= 15 is 0 Å². The van der Waals surface area contributed by atoms with Gasteiger partial charge in [0.25, 0.3) is 0 Å². The fraction of sp³-hybridized carbons (Fsp3) is 0.870. The third-order valence-electron chi connectivity index (χ3n) is 5.26. The molecule has 0 radical (unpaired) electrons. The van der Waals surface area contributed by atoms with E-state index in [1.165, 1.54) is 7.11 Å². The quantitative estimate of drug-likeness (QED) is 0.0455. The lowest BCUT2D eigenvalue weighted by atomic mass is 9.96. The highest BCUT2D eigenvalue weighted by atomic mass is 19.4. The van der Waals surface area contributed by atoms with Crippen molar-refractivity contribution < 1.29 is 72.0 Å². The predicted octanol–water partition coefficient (Wildman–Crippen LogP) is 7.34. The molecule has 0 aromatic heterocycles. The van der Waals surface area contributed by atoms with Crippen molar-refractivity contribution in [3.63, 3.8) is 0 Å². The van der Waals surface area contributed by atoms with E-state index in [1.807, 2.05) is 6.92 Å². The van der Waals surface area contributed by atoms with Gasteiger partial charge in [0.05, 0.1) is 32.5 Å². The fourth-order valence-electron chi connectivity index (χ4n) is 2.96. The molecule has 0 heterocycles. The zero-order valence-corrected chi connectivity index (χ0v) is 21.5. The molecule has 0 aliphatic carbocycles. The average Bonchev–Trinajstić information content (AvgIpc) is 2.83. The second kappa shape index (κ2) is 16.4. The van der Waals surface area contributed by atoms with Crippen LogP contribution in [0.5, 0.6) is 0 Å². The number of esters is 1. The number of hydrogen-bond acceptors (Lipinski definition) is 5. The van der Waals surface area contributed by atoms with Gasteiger partial charge in [-0.25, -0.2) is 4.79 Å². The van der Waals surface area contributed by atoms with Crippen LogP contribution in [0.3, 0.4) is 0 Å². The summed E-state index contributed by atoms with van der Waals surface area (Å²) in [7, 11) is 1.34. The van der Waals surface area contributed by atoms with Crippen LogP contribution < -0.4 is 0 Å². The van der Waals surface area contributed by atoms with Crippen molar-refractivity contribution in [2.75, 3.05) is 40.1 Å². The summed E-state index contributed by atoms with van der Waals surface area (Å²) >= 11 is 0. The maximum absolute atomic E-state index is 14.5. The van der Waals surface area contributed by atoms with Crippen LogP contribution in [0.25, 0.3) is 0 Å². The van der Waals surface area contributed by atoms with Gasteiger partial charge in [-0.15, -0.1) is 0 Å². The van der Waals surface area contributed by atoms with Crippen molar-refractivity contribution in [1.29, 1.82) is 0 Å². The number of carbonyl (C=O) groups excluding carboxylic acids is 1. The number of allylic oxidation sites excluding steroid dienone is 1. The first kappa shape index (κ1) is 37.2. The SMILES string of the molecule is CCCCCCCCCCO/C(=C\C(=O)OCCOCCOC)C(F)(F)C(F)(F)C(F)(F)C(F)(F)C(F)(F)F. The lowest BCUT2D eigenvalue weighted by Gasteiger charge is -2.37. The van der Waals surface area contributed by atoms with E-state index in [2.05, 4.69) is 14.2 Å². The molecule has 0 aromatic carbocycles. The largest absolute Gasteiger partial charge is 0.491 e. The van der Waals surface area contributed by atoms with Crippen molar-refractivity contribution in [2.45, 2.75) is 88.2 Å². The van der Waals surface area contributed by atoms with Crippen molar-refractivity contribution >= 4 is 5.97 Å². The van der Waals surface area contributed by atoms with Crippen LogP contribution >= 0.6 is 0 Å². The predicted molar refractivity (Wildman–Crippen MR) is 116 cm³/mol. The van der Waals surface area contributed by atoms with E-state index < -0.39 is 60.9 Å². The van der Waals surface area contributed by atoms with Crippen LogP contribution in [0.1, 0.15) is 58.3 Å². The zero-order valence-electron chi connectivity index (χ0n) is 21.5. The topological polar surface area (TPSA) is 54.0 Å². The third kappa shape index (κ3) is 10.6. The fourth-order valence-corrected chi connectivity index (χ4v) is 2.96. The first-order valence-electron chi connectivity index (χ1n) is 12.1. The first-order valence-corrected chi connectivity index (χ1v) is 12.1. The molecule has 0 bridgehead atoms. The van der Waals surface area contributed by atoms with Crippen LogP contribution in [0.2, 0.25) is 0 Å². The summed E-state index contributed by atoms with van der Waals surface area (Å²) in [4.78, 5) is 11.8. The average molecular weight is 598 g/mol. The van der Waals surface area contributed by atoms with Gasteiger partial charge < -0.3 is 18.9 Å². The van der Waals surface area contributed by atoms with Crippen molar-refractivity contribution in [2.24, 2.45) is 0 Å². The smallest absolute Gasteiger partial charge is 0.460 e. The summed E-state index contributed by atoms with van der Waals surface area (Å²) in [5, 5.41) is 0. The zero-order chi connectivity index (χ0) is 30.4. The summed E-state index contributed by atoms with van der Waals surface area (Å²) in [6.45, 7) is 0.302. The number of carbonyl (C=O) groups is 1. The molecule has 0 atom stereocenters. The van der Waals surface area contributed by atoms with Crippen LogP contribution in [-0.2, 0) is 23.7 Å². The third-order valence-corrected chi connectivity index (χ3v) is 5.26. The van der Waals surface area contributed by atoms with Crippen molar-refractivity contribution in [3.05, 3.63) is 11.8 Å². The maximum atomic E-state index is 14.5. The van der Waals surface area contributed by atoms with E-state index in [9.17, 15) is 53.1 Å². The molecule has 5 nitrogen and oxygen atoms in total. The molecule has 0 aliphatic rings. The second-order valence-corrected chi connectivity index (χ2v) is 8.40. The summed E-state index contributed by atoms with van der Waals surface area (Å²) in [6.07, 6.45) is -2.56. The van der Waals surface area contributed by atoms with Gasteiger partial charge in [-0.3, -0.25) is 0 Å². The molecular formula is C23H33F11O5. The molecule has 0 aromatic rings. The number of alkyl halides is 11. The molecular weight excluding hydrogens is 565 g/mol. The Morgan fingerprint density at radius 1 is 0.615 bits per heavy atom. The monoisotopic (exact) mass is 598 g/mol. The number of hydrogen-bond donors (Lipinski definition) is 0. The van der Waals surface area contributed by atoms with E-state index in [-0.39, 0.29) is 26.2 Å². The second-order valence-electron chi connectivity index (χ2n) is 8.40. The van der Waals surface area contributed by atoms with Gasteiger partial charge >= 0.3 is 35.8 Å². The Kier molecular flexibility index (Phi) is 15.7. The van der Waals surface area contributed by atoms with E-state index in [0.29, 0.717) is 12.8 Å². The standard InChI is InChI=1S/C23H33F11O5/c1-3-4-5-6-7-8-9-10-11-38-17(16-18(35)39-15-14-37-13-12-36-2)19(24,25)20(26,27)21(28,29)22(30,31)23(32,33)34/h16H,3-15H2,1-2H3/b17-16-. The summed E-state index contributed by atoms with van der Waals surface area (Å²) < 4.78 is 167. The lowest BCUT2D eigenvalue weighted by Crippen LogP contribution is -2.66. The molecule has 0 rings (SSSR count). The van der Waals surface area contributed by atoms with Crippen LogP contribution in [0.4, 0.5) is 48.3 Å². The molecule has 0 fully saturated rings. The Hall–Kier alpha value is -1.84. The Labute approximate surface area is 219 Å². The molecule has 0 saturated heterocycles. The van der Waals surface area contributed by atoms with Crippen LogP contribution in [0.15, 0.2) is 11.8 Å². The highest BCUT2D eigenvalue weighted by molar-refractivity contribution is 5.82. The van der Waals surface area contributed by atoms with E-state index in [0.717, 1.165) is 32.1 Å². The molecule has 232 valence electrons. The molecule has 39 heavy (non-hydrogen) atoms. The molecule has 16 heteroatoms. The first-order chi connectivity index (χ1) is 17.9. The molecule has 0 N–H and O–H groups in total. The van der Waals surface area contributed by atoms with Crippen molar-refractivity contribution in [3.8, 4) is 0 Å². The van der Waals surface area contributed by atoms with Gasteiger partial charge in [0.1, 0.15) is 6.61 Å². The molecule has 0 unspecified atom stereocenters. The number of unbranched alkanes of at least 4 members (excludes halogenated alkanes) is 7. The van der Waals surface area contributed by atoms with Gasteiger partial charge in [0, 0.05) is 7.11 Å². The summed E-state index contributed by atoms with van der Waals surface area (Å²) in [6, 6.07) is 0. The minimum absolute atomic E-state index is 0.0175. The Balaban J connectivity index is 5.69.